The Morgan fingerprint density at radius 3 is 2.42 bits per heavy atom. The topological polar surface area (TPSA) is 84.1 Å². The van der Waals surface area contributed by atoms with E-state index >= 15 is 0 Å². The first-order chi connectivity index (χ1) is 9.05. The number of hydrogen-bond acceptors (Lipinski definition) is 5. The molecule has 1 heterocycles. The molecule has 0 aliphatic heterocycles. The summed E-state index contributed by atoms with van der Waals surface area (Å²) in [5, 5.41) is 13.0. The molecule has 1 fully saturated rings. The lowest BCUT2D eigenvalue weighted by Crippen LogP contribution is -2.41. The Morgan fingerprint density at radius 1 is 1.32 bits per heavy atom. The fourth-order valence-corrected chi connectivity index (χ4v) is 2.14. The Labute approximate surface area is 114 Å². The Balaban J connectivity index is 2.32. The van der Waals surface area contributed by atoms with Gasteiger partial charge in [0.05, 0.1) is 12.1 Å². The molecule has 1 saturated carbocycles. The number of nitrogens with one attached hydrogen (secondary N) is 1. The van der Waals surface area contributed by atoms with Crippen molar-refractivity contribution in [3.05, 3.63) is 11.4 Å². The molecule has 0 spiro atoms. The highest BCUT2D eigenvalue weighted by Crippen LogP contribution is 2.39. The highest BCUT2D eigenvalue weighted by Gasteiger charge is 2.30. The Hall–Kier alpha value is -1.36. The molecule has 1 aromatic heterocycles. The van der Waals surface area contributed by atoms with Crippen molar-refractivity contribution in [1.29, 1.82) is 0 Å². The number of hydrogen-bond donors (Lipinski definition) is 3. The van der Waals surface area contributed by atoms with Crippen molar-refractivity contribution >= 4 is 11.6 Å². The third kappa shape index (κ3) is 2.81. The van der Waals surface area contributed by atoms with Gasteiger partial charge in [-0.3, -0.25) is 0 Å². The molecule has 0 amide bonds. The molecule has 0 atom stereocenters. The predicted octanol–water partition coefficient (Wildman–Crippen LogP) is 2.21. The maximum Gasteiger partial charge on any atom is 0.136 e. The lowest BCUT2D eigenvalue weighted by Gasteiger charge is -2.32. The van der Waals surface area contributed by atoms with Crippen LogP contribution < -0.4 is 11.1 Å². The van der Waals surface area contributed by atoms with Crippen LogP contribution in [0.15, 0.2) is 0 Å². The molecule has 5 heteroatoms. The van der Waals surface area contributed by atoms with Gasteiger partial charge in [-0.2, -0.15) is 0 Å². The Bertz CT molecular complexity index is 445. The predicted molar refractivity (Wildman–Crippen MR) is 77.2 cm³/mol. The van der Waals surface area contributed by atoms with Gasteiger partial charge in [-0.25, -0.2) is 9.97 Å². The number of rotatable bonds is 6. The second kappa shape index (κ2) is 5.33. The molecule has 2 rings (SSSR count). The number of nitrogen functional groups attached to an aromatic ring is 1. The Kier molecular flexibility index (Phi) is 3.94. The summed E-state index contributed by atoms with van der Waals surface area (Å²) in [5.41, 5.74) is 6.51. The quantitative estimate of drug-likeness (QED) is 0.733. The van der Waals surface area contributed by atoms with E-state index in [1.165, 1.54) is 0 Å². The van der Waals surface area contributed by atoms with Crippen molar-refractivity contribution in [3.63, 3.8) is 0 Å². The fourth-order valence-electron chi connectivity index (χ4n) is 2.14. The number of aliphatic hydroxyl groups is 1. The first-order valence-electron chi connectivity index (χ1n) is 7.08. The summed E-state index contributed by atoms with van der Waals surface area (Å²) in [4.78, 5) is 8.98. The molecule has 19 heavy (non-hydrogen) atoms. The number of nitrogens with two attached hydrogens (primary N) is 1. The van der Waals surface area contributed by atoms with E-state index in [4.69, 9.17) is 5.73 Å². The maximum absolute atomic E-state index is 9.65. The third-order valence-electron chi connectivity index (χ3n) is 4.18. The molecular formula is C14H24N4O. The van der Waals surface area contributed by atoms with E-state index < -0.39 is 0 Å². The van der Waals surface area contributed by atoms with Gasteiger partial charge in [0.2, 0.25) is 0 Å². The minimum Gasteiger partial charge on any atom is -0.394 e. The first-order valence-corrected chi connectivity index (χ1v) is 7.08. The largest absolute Gasteiger partial charge is 0.394 e. The van der Waals surface area contributed by atoms with Gasteiger partial charge >= 0.3 is 0 Å². The average molecular weight is 264 g/mol. The van der Waals surface area contributed by atoms with Crippen LogP contribution in [0.2, 0.25) is 0 Å². The first kappa shape index (κ1) is 14.1. The highest BCUT2D eigenvalue weighted by molar-refractivity contribution is 5.56. The zero-order valence-corrected chi connectivity index (χ0v) is 12.0. The van der Waals surface area contributed by atoms with Gasteiger partial charge in [0.15, 0.2) is 0 Å². The number of anilines is 2. The summed E-state index contributed by atoms with van der Waals surface area (Å²) in [6.45, 7) is 6.13. The number of nitrogens with zero attached hydrogens (tertiary/aromatic N) is 2. The van der Waals surface area contributed by atoms with Crippen LogP contribution in [-0.2, 0) is 0 Å². The lowest BCUT2D eigenvalue weighted by atomic mass is 9.93. The second-order valence-electron chi connectivity index (χ2n) is 5.49. The monoisotopic (exact) mass is 264 g/mol. The second-order valence-corrected chi connectivity index (χ2v) is 5.49. The van der Waals surface area contributed by atoms with E-state index in [9.17, 15) is 5.11 Å². The number of aromatic nitrogens is 2. The minimum absolute atomic E-state index is 0.0854. The summed E-state index contributed by atoms with van der Waals surface area (Å²) in [7, 11) is 0. The summed E-state index contributed by atoms with van der Waals surface area (Å²) in [5.74, 6) is 2.62. The van der Waals surface area contributed by atoms with Crippen molar-refractivity contribution < 1.29 is 5.11 Å². The Morgan fingerprint density at radius 2 is 1.95 bits per heavy atom. The minimum atomic E-state index is -0.327. The van der Waals surface area contributed by atoms with Gasteiger partial charge in [-0.1, -0.05) is 13.8 Å². The van der Waals surface area contributed by atoms with Gasteiger partial charge in [-0.15, -0.1) is 0 Å². The van der Waals surface area contributed by atoms with Gasteiger partial charge in [0.25, 0.3) is 0 Å². The number of aliphatic hydroxyl groups excluding tert-OH is 1. The van der Waals surface area contributed by atoms with Crippen LogP contribution >= 0.6 is 0 Å². The van der Waals surface area contributed by atoms with Gasteiger partial charge in [0.1, 0.15) is 17.5 Å². The van der Waals surface area contributed by atoms with E-state index in [0.717, 1.165) is 42.9 Å². The highest BCUT2D eigenvalue weighted by atomic mass is 16.3. The van der Waals surface area contributed by atoms with E-state index in [1.54, 1.807) is 0 Å². The smallest absolute Gasteiger partial charge is 0.136 e. The fraction of sp³-hybridized carbons (Fsp3) is 0.714. The molecule has 106 valence electrons. The summed E-state index contributed by atoms with van der Waals surface area (Å²) < 4.78 is 0. The van der Waals surface area contributed by atoms with Crippen molar-refractivity contribution in [2.75, 3.05) is 17.7 Å². The standard InChI is InChI=1S/C14H24N4O/c1-4-14(5-2,8-19)18-12-9(3)11(15)16-13(17-12)10-6-7-10/h10,19H,4-8H2,1-3H3,(H3,15,16,17,18). The molecule has 0 bridgehead atoms. The van der Waals surface area contributed by atoms with E-state index in [2.05, 4.69) is 29.1 Å². The van der Waals surface area contributed by atoms with Crippen LogP contribution in [0, 0.1) is 6.92 Å². The van der Waals surface area contributed by atoms with Crippen LogP contribution in [0.25, 0.3) is 0 Å². The van der Waals surface area contributed by atoms with Crippen LogP contribution in [0.4, 0.5) is 11.6 Å². The lowest BCUT2D eigenvalue weighted by molar-refractivity contribution is 0.202. The van der Waals surface area contributed by atoms with E-state index in [0.29, 0.717) is 11.7 Å². The molecule has 0 radical (unpaired) electrons. The van der Waals surface area contributed by atoms with Gasteiger partial charge in [-0.05, 0) is 32.6 Å². The van der Waals surface area contributed by atoms with Crippen LogP contribution in [-0.4, -0.2) is 27.2 Å². The summed E-state index contributed by atoms with van der Waals surface area (Å²) in [6, 6.07) is 0. The summed E-state index contributed by atoms with van der Waals surface area (Å²) in [6.07, 6.45) is 3.97. The zero-order chi connectivity index (χ0) is 14.0. The van der Waals surface area contributed by atoms with E-state index in [-0.39, 0.29) is 12.1 Å². The van der Waals surface area contributed by atoms with Crippen molar-refractivity contribution in [2.45, 2.75) is 57.9 Å². The molecule has 0 saturated heterocycles. The van der Waals surface area contributed by atoms with Crippen molar-refractivity contribution in [1.82, 2.24) is 9.97 Å². The van der Waals surface area contributed by atoms with E-state index in [1.807, 2.05) is 6.92 Å². The molecule has 4 N–H and O–H groups in total. The molecule has 0 unspecified atom stereocenters. The van der Waals surface area contributed by atoms with Crippen molar-refractivity contribution in [2.24, 2.45) is 0 Å². The van der Waals surface area contributed by atoms with Gasteiger partial charge in [0, 0.05) is 11.5 Å². The maximum atomic E-state index is 9.65. The van der Waals surface area contributed by atoms with Gasteiger partial charge < -0.3 is 16.2 Å². The zero-order valence-electron chi connectivity index (χ0n) is 12.0. The summed E-state index contributed by atoms with van der Waals surface area (Å²) >= 11 is 0. The van der Waals surface area contributed by atoms with Crippen molar-refractivity contribution in [3.8, 4) is 0 Å². The molecule has 1 aromatic rings. The third-order valence-corrected chi connectivity index (χ3v) is 4.18. The molecule has 5 nitrogen and oxygen atoms in total. The molecular weight excluding hydrogens is 240 g/mol. The van der Waals surface area contributed by atoms with Crippen LogP contribution in [0.3, 0.4) is 0 Å². The average Bonchev–Trinajstić information content (AvgIpc) is 3.25. The van der Waals surface area contributed by atoms with Crippen LogP contribution in [0.1, 0.15) is 56.8 Å². The molecule has 1 aliphatic rings. The molecule has 0 aromatic carbocycles. The molecule has 1 aliphatic carbocycles. The van der Waals surface area contributed by atoms with Crippen LogP contribution in [0.5, 0.6) is 0 Å². The SMILES string of the molecule is CCC(CC)(CO)Nc1nc(C2CC2)nc(N)c1C. The normalized spacial score (nSPS) is 15.6.